The first-order valence-electron chi connectivity index (χ1n) is 6.04. The molecule has 8 heteroatoms. The average molecular weight is 366 g/mol. The van der Waals surface area contributed by atoms with Crippen molar-refractivity contribution in [3.8, 4) is 0 Å². The molecule has 0 radical (unpaired) electrons. The summed E-state index contributed by atoms with van der Waals surface area (Å²) in [5, 5.41) is 0.538. The topological polar surface area (TPSA) is 59.3 Å². The zero-order valence-corrected chi connectivity index (χ0v) is 14.0. The fourth-order valence-electron chi connectivity index (χ4n) is 1.54. The lowest BCUT2D eigenvalue weighted by Gasteiger charge is -2.07. The fraction of sp³-hybridized carbons (Fsp3) is 0.231. The van der Waals surface area contributed by atoms with E-state index >= 15 is 0 Å². The molecule has 0 amide bonds. The maximum Gasteiger partial charge on any atom is 0.240 e. The molecule has 0 saturated carbocycles. The molecule has 0 aliphatic carbocycles. The summed E-state index contributed by atoms with van der Waals surface area (Å²) in [5.74, 6) is 2.22. The van der Waals surface area contributed by atoms with Crippen molar-refractivity contribution >= 4 is 45.0 Å². The highest BCUT2D eigenvalue weighted by molar-refractivity contribution is 7.98. The number of hydrogen-bond donors (Lipinski definition) is 1. The summed E-state index contributed by atoms with van der Waals surface area (Å²) in [6.45, 7) is 0.327. The molecule has 0 aliphatic heterocycles. The summed E-state index contributed by atoms with van der Waals surface area (Å²) in [6.07, 6.45) is 1.61. The zero-order chi connectivity index (χ0) is 15.3. The van der Waals surface area contributed by atoms with Gasteiger partial charge in [-0.1, -0.05) is 23.2 Å². The second-order valence-corrected chi connectivity index (χ2v) is 7.79. The highest BCUT2D eigenvalue weighted by Crippen LogP contribution is 2.24. The predicted molar refractivity (Wildman–Crippen MR) is 86.5 cm³/mol. The van der Waals surface area contributed by atoms with Crippen molar-refractivity contribution in [2.24, 2.45) is 0 Å². The molecule has 1 aromatic carbocycles. The standard InChI is InChI=1S/C13H13Cl2NO3S2/c14-12-4-3-11(8-13(12)15)21(17,18)16-5-7-20-9-10-2-1-6-19-10/h1-4,6,8,16H,5,7,9H2. The number of sulfonamides is 1. The van der Waals surface area contributed by atoms with E-state index in [1.807, 2.05) is 12.1 Å². The van der Waals surface area contributed by atoms with Crippen LogP contribution in [0.15, 0.2) is 45.9 Å². The molecule has 1 aromatic heterocycles. The van der Waals surface area contributed by atoms with Gasteiger partial charge in [-0.15, -0.1) is 0 Å². The lowest BCUT2D eigenvalue weighted by molar-refractivity contribution is 0.530. The summed E-state index contributed by atoms with van der Waals surface area (Å²) < 4.78 is 31.8. The van der Waals surface area contributed by atoms with E-state index in [1.54, 1.807) is 18.0 Å². The number of benzene rings is 1. The van der Waals surface area contributed by atoms with Crippen LogP contribution in [0.4, 0.5) is 0 Å². The number of halogens is 2. The van der Waals surface area contributed by atoms with Gasteiger partial charge in [0, 0.05) is 12.3 Å². The highest BCUT2D eigenvalue weighted by Gasteiger charge is 2.14. The van der Waals surface area contributed by atoms with Crippen molar-refractivity contribution in [2.75, 3.05) is 12.3 Å². The van der Waals surface area contributed by atoms with Crippen LogP contribution in [0, 0.1) is 0 Å². The van der Waals surface area contributed by atoms with Crippen molar-refractivity contribution in [3.63, 3.8) is 0 Å². The molecule has 0 aliphatic rings. The summed E-state index contributed by atoms with van der Waals surface area (Å²) in [4.78, 5) is 0.105. The van der Waals surface area contributed by atoms with E-state index in [0.29, 0.717) is 23.1 Å². The first-order valence-corrected chi connectivity index (χ1v) is 9.43. The predicted octanol–water partition coefficient (Wildman–Crippen LogP) is 3.80. The van der Waals surface area contributed by atoms with Crippen LogP contribution in [-0.4, -0.2) is 20.7 Å². The molecule has 2 rings (SSSR count). The maximum absolute atomic E-state index is 12.0. The van der Waals surface area contributed by atoms with Gasteiger partial charge in [0.2, 0.25) is 10.0 Å². The number of furan rings is 1. The van der Waals surface area contributed by atoms with E-state index in [2.05, 4.69) is 4.72 Å². The second kappa shape index (κ2) is 7.56. The van der Waals surface area contributed by atoms with Gasteiger partial charge in [0.05, 0.1) is 27.0 Å². The Morgan fingerprint density at radius 1 is 1.19 bits per heavy atom. The minimum Gasteiger partial charge on any atom is -0.468 e. The average Bonchev–Trinajstić information content (AvgIpc) is 2.94. The smallest absolute Gasteiger partial charge is 0.240 e. The van der Waals surface area contributed by atoms with Gasteiger partial charge in [0.15, 0.2) is 0 Å². The molecule has 114 valence electrons. The minimum absolute atomic E-state index is 0.105. The van der Waals surface area contributed by atoms with Gasteiger partial charge in [0.25, 0.3) is 0 Å². The van der Waals surface area contributed by atoms with Gasteiger partial charge in [-0.05, 0) is 30.3 Å². The maximum atomic E-state index is 12.0. The van der Waals surface area contributed by atoms with Crippen LogP contribution in [0.25, 0.3) is 0 Å². The van der Waals surface area contributed by atoms with Crippen molar-refractivity contribution in [1.82, 2.24) is 4.72 Å². The molecule has 21 heavy (non-hydrogen) atoms. The molecule has 0 atom stereocenters. The van der Waals surface area contributed by atoms with Crippen molar-refractivity contribution < 1.29 is 12.8 Å². The number of thioether (sulfide) groups is 1. The Kier molecular flexibility index (Phi) is 6.01. The van der Waals surface area contributed by atoms with E-state index < -0.39 is 10.0 Å². The van der Waals surface area contributed by atoms with Crippen LogP contribution in [0.3, 0.4) is 0 Å². The molecular weight excluding hydrogens is 353 g/mol. The monoisotopic (exact) mass is 365 g/mol. The Bertz CT molecular complexity index is 687. The molecular formula is C13H13Cl2NO3S2. The van der Waals surface area contributed by atoms with Crippen LogP contribution in [0.1, 0.15) is 5.76 Å². The van der Waals surface area contributed by atoms with Gasteiger partial charge in [0.1, 0.15) is 5.76 Å². The summed E-state index contributed by atoms with van der Waals surface area (Å²) in [5.41, 5.74) is 0. The van der Waals surface area contributed by atoms with Crippen LogP contribution in [0.5, 0.6) is 0 Å². The second-order valence-electron chi connectivity index (χ2n) is 4.11. The van der Waals surface area contributed by atoms with Gasteiger partial charge >= 0.3 is 0 Å². The van der Waals surface area contributed by atoms with E-state index in [1.165, 1.54) is 18.2 Å². The summed E-state index contributed by atoms with van der Waals surface area (Å²) >= 11 is 13.2. The number of hydrogen-bond acceptors (Lipinski definition) is 4. The van der Waals surface area contributed by atoms with Crippen LogP contribution >= 0.6 is 35.0 Å². The Labute approximate surface area is 137 Å². The lowest BCUT2D eigenvalue weighted by atomic mass is 10.4. The molecule has 0 unspecified atom stereocenters. The molecule has 0 fully saturated rings. The van der Waals surface area contributed by atoms with Crippen molar-refractivity contribution in [1.29, 1.82) is 0 Å². The summed E-state index contributed by atoms with van der Waals surface area (Å²) in [6, 6.07) is 7.93. The molecule has 0 saturated heterocycles. The van der Waals surface area contributed by atoms with E-state index in [-0.39, 0.29) is 9.92 Å². The van der Waals surface area contributed by atoms with Crippen LogP contribution < -0.4 is 4.72 Å². The fourth-order valence-corrected chi connectivity index (χ4v) is 3.85. The van der Waals surface area contributed by atoms with Gasteiger partial charge in [-0.25, -0.2) is 13.1 Å². The highest BCUT2D eigenvalue weighted by atomic mass is 35.5. The Hall–Kier alpha value is -0.660. The molecule has 2 aromatic rings. The van der Waals surface area contributed by atoms with Crippen molar-refractivity contribution in [3.05, 3.63) is 52.4 Å². The van der Waals surface area contributed by atoms with Gasteiger partial charge < -0.3 is 4.42 Å². The van der Waals surface area contributed by atoms with E-state index in [0.717, 1.165) is 5.76 Å². The van der Waals surface area contributed by atoms with Gasteiger partial charge in [-0.2, -0.15) is 11.8 Å². The van der Waals surface area contributed by atoms with Crippen molar-refractivity contribution in [2.45, 2.75) is 10.6 Å². The number of rotatable bonds is 7. The SMILES string of the molecule is O=S(=O)(NCCSCc1ccco1)c1ccc(Cl)c(Cl)c1. The molecule has 1 N–H and O–H groups in total. The van der Waals surface area contributed by atoms with Gasteiger partial charge in [-0.3, -0.25) is 0 Å². The Balaban J connectivity index is 1.82. The molecule has 1 heterocycles. The Morgan fingerprint density at radius 3 is 2.67 bits per heavy atom. The third-order valence-corrected chi connectivity index (χ3v) is 5.74. The third-order valence-electron chi connectivity index (χ3n) is 2.56. The largest absolute Gasteiger partial charge is 0.468 e. The van der Waals surface area contributed by atoms with E-state index in [9.17, 15) is 8.42 Å². The Morgan fingerprint density at radius 2 is 2.00 bits per heavy atom. The summed E-state index contributed by atoms with van der Waals surface area (Å²) in [7, 11) is -3.56. The first kappa shape index (κ1) is 16.7. The third kappa shape index (κ3) is 4.93. The van der Waals surface area contributed by atoms with Crippen LogP contribution in [0.2, 0.25) is 10.0 Å². The first-order chi connectivity index (χ1) is 9.99. The molecule has 0 bridgehead atoms. The quantitative estimate of drug-likeness (QED) is 0.758. The normalized spacial score (nSPS) is 11.7. The molecule has 4 nitrogen and oxygen atoms in total. The number of nitrogens with one attached hydrogen (secondary N) is 1. The zero-order valence-electron chi connectivity index (χ0n) is 10.9. The van der Waals surface area contributed by atoms with Crippen LogP contribution in [-0.2, 0) is 15.8 Å². The van der Waals surface area contributed by atoms with E-state index in [4.69, 9.17) is 27.6 Å². The minimum atomic E-state index is -3.56. The molecule has 0 spiro atoms. The lowest BCUT2D eigenvalue weighted by Crippen LogP contribution is -2.26.